The maximum Gasteiger partial charge on any atom is 0.136 e. The van der Waals surface area contributed by atoms with E-state index in [1.807, 2.05) is 6.20 Å². The summed E-state index contributed by atoms with van der Waals surface area (Å²) in [5.41, 5.74) is 1.43. The lowest BCUT2D eigenvalue weighted by molar-refractivity contribution is 0.586. The minimum Gasteiger partial charge on any atom is -0.354 e. The number of nitrogens with one attached hydrogen (secondary N) is 1. The van der Waals surface area contributed by atoms with Crippen LogP contribution in [0.4, 0.5) is 5.82 Å². The molecule has 0 saturated carbocycles. The molecule has 1 aliphatic heterocycles. The molecule has 1 atom stereocenters. The molecular weight excluding hydrogens is 246 g/mol. The third kappa shape index (κ3) is 2.50. The van der Waals surface area contributed by atoms with Crippen molar-refractivity contribution in [2.75, 3.05) is 31.1 Å². The average molecular weight is 269 g/mol. The van der Waals surface area contributed by atoms with Gasteiger partial charge in [0.15, 0.2) is 0 Å². The second-order valence-electron chi connectivity index (χ2n) is 5.66. The van der Waals surface area contributed by atoms with Crippen LogP contribution in [0.2, 0.25) is 0 Å². The second-order valence-corrected chi connectivity index (χ2v) is 5.66. The van der Waals surface area contributed by atoms with Crippen molar-refractivity contribution >= 4 is 16.6 Å². The molecule has 0 bridgehead atoms. The van der Waals surface area contributed by atoms with Crippen molar-refractivity contribution in [2.24, 2.45) is 0 Å². The van der Waals surface area contributed by atoms with E-state index in [1.54, 1.807) is 0 Å². The monoisotopic (exact) mass is 269 g/mol. The average Bonchev–Trinajstić information content (AvgIpc) is 2.53. The van der Waals surface area contributed by atoms with E-state index in [0.29, 0.717) is 5.92 Å². The van der Waals surface area contributed by atoms with Crippen molar-refractivity contribution in [3.8, 4) is 0 Å². The van der Waals surface area contributed by atoms with Gasteiger partial charge in [-0.2, -0.15) is 0 Å². The number of benzene rings is 1. The van der Waals surface area contributed by atoms with Crippen LogP contribution in [0.15, 0.2) is 30.5 Å². The number of hydrogen-bond donors (Lipinski definition) is 1. The van der Waals surface area contributed by atoms with Crippen LogP contribution in [0.1, 0.15) is 31.7 Å². The normalized spacial score (nSPS) is 17.4. The molecule has 2 aromatic rings. The quantitative estimate of drug-likeness (QED) is 0.927. The molecule has 1 aromatic heterocycles. The Labute approximate surface area is 121 Å². The summed E-state index contributed by atoms with van der Waals surface area (Å²) in [6.45, 7) is 8.71. The van der Waals surface area contributed by atoms with Gasteiger partial charge < -0.3 is 10.2 Å². The smallest absolute Gasteiger partial charge is 0.136 e. The van der Waals surface area contributed by atoms with Crippen LogP contribution < -0.4 is 10.2 Å². The van der Waals surface area contributed by atoms with Gasteiger partial charge in [0.05, 0.1) is 0 Å². The molecule has 1 fully saturated rings. The first-order chi connectivity index (χ1) is 9.79. The second kappa shape index (κ2) is 5.80. The van der Waals surface area contributed by atoms with E-state index < -0.39 is 0 Å². The fourth-order valence-corrected chi connectivity index (χ4v) is 2.85. The van der Waals surface area contributed by atoms with Crippen molar-refractivity contribution in [2.45, 2.75) is 26.2 Å². The van der Waals surface area contributed by atoms with Crippen LogP contribution in [0, 0.1) is 0 Å². The molecule has 1 saturated heterocycles. The van der Waals surface area contributed by atoms with E-state index in [4.69, 9.17) is 0 Å². The van der Waals surface area contributed by atoms with E-state index in [1.165, 1.54) is 22.8 Å². The highest BCUT2D eigenvalue weighted by atomic mass is 15.2. The van der Waals surface area contributed by atoms with Crippen molar-refractivity contribution in [3.05, 3.63) is 36.0 Å². The van der Waals surface area contributed by atoms with Gasteiger partial charge in [0.1, 0.15) is 5.82 Å². The zero-order valence-corrected chi connectivity index (χ0v) is 12.4. The third-order valence-electron chi connectivity index (χ3n) is 4.37. The van der Waals surface area contributed by atoms with Crippen LogP contribution in [-0.2, 0) is 0 Å². The number of rotatable bonds is 3. The molecule has 0 radical (unpaired) electrons. The Kier molecular flexibility index (Phi) is 3.88. The number of fused-ring (bicyclic) bond motifs is 1. The largest absolute Gasteiger partial charge is 0.354 e. The molecule has 0 aliphatic carbocycles. The van der Waals surface area contributed by atoms with Gasteiger partial charge >= 0.3 is 0 Å². The first kappa shape index (κ1) is 13.4. The summed E-state index contributed by atoms with van der Waals surface area (Å²) >= 11 is 0. The Balaban J connectivity index is 2.01. The van der Waals surface area contributed by atoms with Crippen molar-refractivity contribution < 1.29 is 0 Å². The molecule has 3 rings (SSSR count). The van der Waals surface area contributed by atoms with Gasteiger partial charge in [-0.15, -0.1) is 0 Å². The lowest BCUT2D eigenvalue weighted by atomic mass is 9.96. The molecule has 1 unspecified atom stereocenters. The van der Waals surface area contributed by atoms with Crippen molar-refractivity contribution in [3.63, 3.8) is 0 Å². The topological polar surface area (TPSA) is 28.2 Å². The van der Waals surface area contributed by atoms with Crippen LogP contribution in [0.5, 0.6) is 0 Å². The fraction of sp³-hybridized carbons (Fsp3) is 0.471. The molecule has 20 heavy (non-hydrogen) atoms. The Morgan fingerprint density at radius 1 is 1.25 bits per heavy atom. The number of nitrogens with zero attached hydrogens (tertiary/aromatic N) is 2. The highest BCUT2D eigenvalue weighted by molar-refractivity contribution is 5.92. The van der Waals surface area contributed by atoms with Crippen molar-refractivity contribution in [1.82, 2.24) is 10.3 Å². The molecule has 1 aromatic carbocycles. The summed E-state index contributed by atoms with van der Waals surface area (Å²) < 4.78 is 0. The number of aromatic nitrogens is 1. The minimum absolute atomic E-state index is 0.621. The standard InChI is InChI=1S/C17H23N3/c1-3-13(2)14-4-5-16-15(12-14)6-7-19-17(16)20-10-8-18-9-11-20/h4-7,12-13,18H,3,8-11H2,1-2H3. The molecule has 1 N–H and O–H groups in total. The Morgan fingerprint density at radius 3 is 2.80 bits per heavy atom. The predicted molar refractivity (Wildman–Crippen MR) is 85.5 cm³/mol. The van der Waals surface area contributed by atoms with Crippen LogP contribution in [0.25, 0.3) is 10.8 Å². The number of piperazine rings is 1. The molecule has 106 valence electrons. The maximum atomic E-state index is 4.62. The Hall–Kier alpha value is -1.61. The molecule has 3 heteroatoms. The Morgan fingerprint density at radius 2 is 2.05 bits per heavy atom. The Bertz CT molecular complexity index is 588. The summed E-state index contributed by atoms with van der Waals surface area (Å²) in [7, 11) is 0. The summed E-state index contributed by atoms with van der Waals surface area (Å²) in [6.07, 6.45) is 3.13. The summed E-state index contributed by atoms with van der Waals surface area (Å²) in [4.78, 5) is 7.01. The van der Waals surface area contributed by atoms with E-state index in [-0.39, 0.29) is 0 Å². The highest BCUT2D eigenvalue weighted by Crippen LogP contribution is 2.28. The van der Waals surface area contributed by atoms with Gasteiger partial charge in [-0.1, -0.05) is 32.0 Å². The SMILES string of the molecule is CCC(C)c1ccc2c(N3CCNCC3)nccc2c1. The van der Waals surface area contributed by atoms with Crippen LogP contribution in [-0.4, -0.2) is 31.2 Å². The zero-order valence-electron chi connectivity index (χ0n) is 12.4. The molecule has 0 amide bonds. The first-order valence-corrected chi connectivity index (χ1v) is 7.64. The van der Waals surface area contributed by atoms with Gasteiger partial charge in [-0.3, -0.25) is 0 Å². The maximum absolute atomic E-state index is 4.62. The molecule has 2 heterocycles. The lowest BCUT2D eigenvalue weighted by Crippen LogP contribution is -2.43. The molecular formula is C17H23N3. The van der Waals surface area contributed by atoms with Crippen LogP contribution in [0.3, 0.4) is 0 Å². The van der Waals surface area contributed by atoms with E-state index in [9.17, 15) is 0 Å². The van der Waals surface area contributed by atoms with Crippen LogP contribution >= 0.6 is 0 Å². The summed E-state index contributed by atoms with van der Waals surface area (Å²) in [5.74, 6) is 1.76. The lowest BCUT2D eigenvalue weighted by Gasteiger charge is -2.29. The fourth-order valence-electron chi connectivity index (χ4n) is 2.85. The summed E-state index contributed by atoms with van der Waals surface area (Å²) in [5, 5.41) is 5.99. The predicted octanol–water partition coefficient (Wildman–Crippen LogP) is 3.16. The molecule has 1 aliphatic rings. The highest BCUT2D eigenvalue weighted by Gasteiger charge is 2.14. The number of anilines is 1. The van der Waals surface area contributed by atoms with Gasteiger partial charge in [-0.25, -0.2) is 4.98 Å². The zero-order chi connectivity index (χ0) is 13.9. The number of pyridine rings is 1. The van der Waals surface area contributed by atoms with Gasteiger partial charge in [0.2, 0.25) is 0 Å². The molecule has 0 spiro atoms. The van der Waals surface area contributed by atoms with Gasteiger partial charge in [-0.05, 0) is 29.4 Å². The van der Waals surface area contributed by atoms with E-state index in [2.05, 4.69) is 53.3 Å². The van der Waals surface area contributed by atoms with Gasteiger partial charge in [0, 0.05) is 37.8 Å². The van der Waals surface area contributed by atoms with E-state index >= 15 is 0 Å². The van der Waals surface area contributed by atoms with Crippen molar-refractivity contribution in [1.29, 1.82) is 0 Å². The molecule has 3 nitrogen and oxygen atoms in total. The van der Waals surface area contributed by atoms with E-state index in [0.717, 1.165) is 32.0 Å². The first-order valence-electron chi connectivity index (χ1n) is 7.64. The minimum atomic E-state index is 0.621. The number of hydrogen-bond acceptors (Lipinski definition) is 3. The third-order valence-corrected chi connectivity index (χ3v) is 4.37. The summed E-state index contributed by atoms with van der Waals surface area (Å²) in [6, 6.07) is 8.98. The van der Waals surface area contributed by atoms with Gasteiger partial charge in [0.25, 0.3) is 0 Å².